The van der Waals surface area contributed by atoms with Crippen LogP contribution in [0.15, 0.2) is 18.2 Å². The van der Waals surface area contributed by atoms with E-state index in [2.05, 4.69) is 39.0 Å². The zero-order chi connectivity index (χ0) is 13.9. The van der Waals surface area contributed by atoms with E-state index in [4.69, 9.17) is 0 Å². The predicted molar refractivity (Wildman–Crippen MR) is 86.8 cm³/mol. The number of hydrogen-bond acceptors (Lipinski definition) is 0. The minimum absolute atomic E-state index is 1.26. The number of unbranched alkanes of at least 4 members (excludes halogenated alkanes) is 8. The van der Waals surface area contributed by atoms with Crippen molar-refractivity contribution in [2.75, 3.05) is 0 Å². The van der Waals surface area contributed by atoms with Gasteiger partial charge in [0.1, 0.15) is 0 Å². The first-order valence-electron chi connectivity index (χ1n) is 8.30. The Bertz CT molecular complexity index is 338. The monoisotopic (exact) mass is 260 g/mol. The third kappa shape index (κ3) is 7.40. The topological polar surface area (TPSA) is 0 Å². The fourth-order valence-corrected chi connectivity index (χ4v) is 2.60. The van der Waals surface area contributed by atoms with E-state index in [1.165, 1.54) is 80.9 Å². The molecule has 0 aliphatic carbocycles. The minimum Gasteiger partial charge on any atom is -0.0654 e. The first-order valence-corrected chi connectivity index (χ1v) is 8.30. The van der Waals surface area contributed by atoms with Crippen molar-refractivity contribution in [1.29, 1.82) is 0 Å². The summed E-state index contributed by atoms with van der Waals surface area (Å²) in [5, 5.41) is 0. The van der Waals surface area contributed by atoms with Crippen LogP contribution in [0, 0.1) is 13.8 Å². The first-order chi connectivity index (χ1) is 9.24. The summed E-state index contributed by atoms with van der Waals surface area (Å²) in [4.78, 5) is 0. The van der Waals surface area contributed by atoms with E-state index in [1.54, 1.807) is 0 Å². The Morgan fingerprint density at radius 3 is 1.84 bits per heavy atom. The van der Waals surface area contributed by atoms with Crippen molar-refractivity contribution in [3.05, 3.63) is 34.9 Å². The Kier molecular flexibility index (Phi) is 8.62. The largest absolute Gasteiger partial charge is 0.0654 e. The van der Waals surface area contributed by atoms with Crippen LogP contribution in [0.1, 0.15) is 81.4 Å². The molecule has 19 heavy (non-hydrogen) atoms. The SMILES string of the molecule is CCCCCCCCCCCc1ccc(C)c(C)c1. The van der Waals surface area contributed by atoms with Crippen molar-refractivity contribution >= 4 is 0 Å². The fourth-order valence-electron chi connectivity index (χ4n) is 2.60. The van der Waals surface area contributed by atoms with E-state index in [0.717, 1.165) is 0 Å². The molecule has 0 aliphatic rings. The van der Waals surface area contributed by atoms with Crippen LogP contribution in [0.25, 0.3) is 0 Å². The lowest BCUT2D eigenvalue weighted by Gasteiger charge is -2.05. The molecule has 0 heterocycles. The molecule has 0 heteroatoms. The summed E-state index contributed by atoms with van der Waals surface area (Å²) < 4.78 is 0. The van der Waals surface area contributed by atoms with Crippen molar-refractivity contribution in [3.8, 4) is 0 Å². The highest BCUT2D eigenvalue weighted by atomic mass is 14.0. The summed E-state index contributed by atoms with van der Waals surface area (Å²) in [5.74, 6) is 0. The fraction of sp³-hybridized carbons (Fsp3) is 0.684. The minimum atomic E-state index is 1.26. The van der Waals surface area contributed by atoms with E-state index in [9.17, 15) is 0 Å². The van der Waals surface area contributed by atoms with Gasteiger partial charge in [-0.05, 0) is 43.4 Å². The molecule has 108 valence electrons. The number of benzene rings is 1. The Hall–Kier alpha value is -0.780. The van der Waals surface area contributed by atoms with Crippen LogP contribution in [0.5, 0.6) is 0 Å². The molecule has 0 saturated heterocycles. The second kappa shape index (κ2) is 10.1. The van der Waals surface area contributed by atoms with E-state index in [0.29, 0.717) is 0 Å². The highest BCUT2D eigenvalue weighted by Crippen LogP contribution is 2.14. The molecule has 0 radical (unpaired) electrons. The Balaban J connectivity index is 2.00. The van der Waals surface area contributed by atoms with Gasteiger partial charge in [-0.1, -0.05) is 76.5 Å². The molecule has 0 nitrogen and oxygen atoms in total. The van der Waals surface area contributed by atoms with Crippen LogP contribution in [0.3, 0.4) is 0 Å². The standard InChI is InChI=1S/C19H32/c1-4-5-6-7-8-9-10-11-12-13-19-15-14-17(2)18(3)16-19/h14-16H,4-13H2,1-3H3. The molecule has 0 N–H and O–H groups in total. The maximum atomic E-state index is 2.36. The van der Waals surface area contributed by atoms with Crippen LogP contribution in [-0.4, -0.2) is 0 Å². The van der Waals surface area contributed by atoms with Crippen molar-refractivity contribution in [3.63, 3.8) is 0 Å². The summed E-state index contributed by atoms with van der Waals surface area (Å²) >= 11 is 0. The highest BCUT2D eigenvalue weighted by molar-refractivity contribution is 5.29. The lowest BCUT2D eigenvalue weighted by atomic mass is 10.0. The Labute approximate surface area is 120 Å². The van der Waals surface area contributed by atoms with Gasteiger partial charge in [0.25, 0.3) is 0 Å². The second-order valence-corrected chi connectivity index (χ2v) is 6.00. The number of aryl methyl sites for hydroxylation is 3. The quantitative estimate of drug-likeness (QED) is 0.428. The molecule has 0 atom stereocenters. The van der Waals surface area contributed by atoms with E-state index in [1.807, 2.05) is 0 Å². The zero-order valence-electron chi connectivity index (χ0n) is 13.3. The highest BCUT2D eigenvalue weighted by Gasteiger charge is 1.97. The average molecular weight is 260 g/mol. The van der Waals surface area contributed by atoms with Crippen LogP contribution in [0.4, 0.5) is 0 Å². The van der Waals surface area contributed by atoms with Crippen LogP contribution in [-0.2, 0) is 6.42 Å². The molecule has 0 bridgehead atoms. The Morgan fingerprint density at radius 1 is 0.684 bits per heavy atom. The average Bonchev–Trinajstić information content (AvgIpc) is 2.41. The molecule has 0 aliphatic heterocycles. The molecule has 0 aromatic heterocycles. The summed E-state index contributed by atoms with van der Waals surface area (Å²) in [5.41, 5.74) is 4.37. The van der Waals surface area contributed by atoms with Gasteiger partial charge in [-0.2, -0.15) is 0 Å². The van der Waals surface area contributed by atoms with Crippen molar-refractivity contribution in [2.45, 2.75) is 85.0 Å². The van der Waals surface area contributed by atoms with Gasteiger partial charge < -0.3 is 0 Å². The van der Waals surface area contributed by atoms with Gasteiger partial charge in [0.15, 0.2) is 0 Å². The zero-order valence-corrected chi connectivity index (χ0v) is 13.3. The number of hydrogen-bond donors (Lipinski definition) is 0. The molecular weight excluding hydrogens is 228 g/mol. The van der Waals surface area contributed by atoms with Gasteiger partial charge in [-0.3, -0.25) is 0 Å². The molecule has 0 saturated carbocycles. The third-order valence-corrected chi connectivity index (χ3v) is 4.14. The molecule has 0 spiro atoms. The summed E-state index contributed by atoms with van der Waals surface area (Å²) in [6.07, 6.45) is 14.0. The van der Waals surface area contributed by atoms with Crippen molar-refractivity contribution in [1.82, 2.24) is 0 Å². The molecule has 0 amide bonds. The van der Waals surface area contributed by atoms with E-state index in [-0.39, 0.29) is 0 Å². The first kappa shape index (κ1) is 16.3. The summed E-state index contributed by atoms with van der Waals surface area (Å²) in [6.45, 7) is 6.69. The third-order valence-electron chi connectivity index (χ3n) is 4.14. The summed E-state index contributed by atoms with van der Waals surface area (Å²) in [6, 6.07) is 6.92. The van der Waals surface area contributed by atoms with Crippen molar-refractivity contribution < 1.29 is 0 Å². The lowest BCUT2D eigenvalue weighted by molar-refractivity contribution is 0.565. The smallest absolute Gasteiger partial charge is 0.0279 e. The maximum Gasteiger partial charge on any atom is -0.0279 e. The predicted octanol–water partition coefficient (Wildman–Crippen LogP) is 6.38. The molecule has 1 rings (SSSR count). The molecular formula is C19H32. The maximum absolute atomic E-state index is 2.36. The van der Waals surface area contributed by atoms with Gasteiger partial charge in [0, 0.05) is 0 Å². The summed E-state index contributed by atoms with van der Waals surface area (Å²) in [7, 11) is 0. The van der Waals surface area contributed by atoms with Gasteiger partial charge in [0.2, 0.25) is 0 Å². The molecule has 0 fully saturated rings. The molecule has 1 aromatic rings. The van der Waals surface area contributed by atoms with Crippen LogP contribution < -0.4 is 0 Å². The van der Waals surface area contributed by atoms with Gasteiger partial charge in [0.05, 0.1) is 0 Å². The van der Waals surface area contributed by atoms with Gasteiger partial charge in [-0.25, -0.2) is 0 Å². The van der Waals surface area contributed by atoms with E-state index >= 15 is 0 Å². The van der Waals surface area contributed by atoms with Crippen LogP contribution >= 0.6 is 0 Å². The van der Waals surface area contributed by atoms with Crippen molar-refractivity contribution in [2.24, 2.45) is 0 Å². The van der Waals surface area contributed by atoms with Gasteiger partial charge in [-0.15, -0.1) is 0 Å². The lowest BCUT2D eigenvalue weighted by Crippen LogP contribution is -1.89. The Morgan fingerprint density at radius 2 is 1.26 bits per heavy atom. The molecule has 1 aromatic carbocycles. The normalized spacial score (nSPS) is 10.9. The second-order valence-electron chi connectivity index (χ2n) is 6.00. The molecule has 0 unspecified atom stereocenters. The van der Waals surface area contributed by atoms with Gasteiger partial charge >= 0.3 is 0 Å². The number of rotatable bonds is 10. The van der Waals surface area contributed by atoms with Crippen LogP contribution in [0.2, 0.25) is 0 Å². The van der Waals surface area contributed by atoms with E-state index < -0.39 is 0 Å².